The van der Waals surface area contributed by atoms with Crippen molar-refractivity contribution >= 4 is 28.3 Å². The van der Waals surface area contributed by atoms with Crippen molar-refractivity contribution in [2.24, 2.45) is 0 Å². The Morgan fingerprint density at radius 1 is 1.19 bits per heavy atom. The highest BCUT2D eigenvalue weighted by Gasteiger charge is 2.13. The number of H-pyrrole nitrogens is 1. The molecule has 0 unspecified atom stereocenters. The number of aromatic amines is 1. The molecule has 2 aromatic heterocycles. The average Bonchev–Trinajstić information content (AvgIpc) is 2.95. The molecule has 0 saturated carbocycles. The molecule has 0 aliphatic heterocycles. The maximum atomic E-state index is 12.5. The normalized spacial score (nSPS) is 10.6. The number of nitrogens with zero attached hydrogens (tertiary/aromatic N) is 2. The zero-order valence-corrected chi connectivity index (χ0v) is 11.9. The van der Waals surface area contributed by atoms with E-state index in [1.54, 1.807) is 18.3 Å². The first-order chi connectivity index (χ1) is 10.2. The maximum Gasteiger partial charge on any atom is 0.257 e. The second-order valence-electron chi connectivity index (χ2n) is 4.97. The lowest BCUT2D eigenvalue weighted by atomic mass is 10.1. The number of para-hydroxylation sites is 1. The lowest BCUT2D eigenvalue weighted by molar-refractivity contribution is 0.102. The fourth-order valence-corrected chi connectivity index (χ4v) is 2.31. The summed E-state index contributed by atoms with van der Waals surface area (Å²) in [5.41, 5.74) is 2.15. The molecule has 0 aliphatic carbocycles. The number of carbonyl (C=O) groups excluding carboxylic acids is 1. The first-order valence-corrected chi connectivity index (χ1v) is 6.66. The summed E-state index contributed by atoms with van der Waals surface area (Å²) in [4.78, 5) is 21.8. The molecule has 2 heterocycles. The number of aromatic nitrogens is 2. The molecule has 2 N–H and O–H groups in total. The van der Waals surface area contributed by atoms with Gasteiger partial charge in [0.1, 0.15) is 0 Å². The van der Waals surface area contributed by atoms with Gasteiger partial charge in [-0.3, -0.25) is 4.79 Å². The lowest BCUT2D eigenvalue weighted by Gasteiger charge is -2.16. The van der Waals surface area contributed by atoms with Gasteiger partial charge in [0, 0.05) is 31.9 Å². The van der Waals surface area contributed by atoms with Gasteiger partial charge >= 0.3 is 0 Å². The van der Waals surface area contributed by atoms with E-state index in [0.29, 0.717) is 11.3 Å². The van der Waals surface area contributed by atoms with Crippen molar-refractivity contribution in [1.29, 1.82) is 0 Å². The zero-order valence-electron chi connectivity index (χ0n) is 11.9. The SMILES string of the molecule is CN(C)c1ncccc1NC(=O)c1cccc2cc[nH]c12. The fraction of sp³-hybridized carbons (Fsp3) is 0.125. The number of hydrogen-bond acceptors (Lipinski definition) is 3. The molecular weight excluding hydrogens is 264 g/mol. The Morgan fingerprint density at radius 3 is 2.86 bits per heavy atom. The number of carbonyl (C=O) groups is 1. The molecule has 0 spiro atoms. The highest BCUT2D eigenvalue weighted by Crippen LogP contribution is 2.23. The Morgan fingerprint density at radius 2 is 2.05 bits per heavy atom. The number of rotatable bonds is 3. The summed E-state index contributed by atoms with van der Waals surface area (Å²) in [6, 6.07) is 11.2. The molecule has 3 aromatic rings. The smallest absolute Gasteiger partial charge is 0.257 e. The van der Waals surface area contributed by atoms with Crippen LogP contribution in [0.5, 0.6) is 0 Å². The number of pyridine rings is 1. The summed E-state index contributed by atoms with van der Waals surface area (Å²) in [5.74, 6) is 0.573. The van der Waals surface area contributed by atoms with Crippen LogP contribution in [0.3, 0.4) is 0 Å². The molecular formula is C16H16N4O. The number of benzene rings is 1. The van der Waals surface area contributed by atoms with Crippen molar-refractivity contribution in [3.63, 3.8) is 0 Å². The third kappa shape index (κ3) is 2.45. The Balaban J connectivity index is 1.96. The van der Waals surface area contributed by atoms with E-state index in [0.717, 1.165) is 16.7 Å². The molecule has 21 heavy (non-hydrogen) atoms. The van der Waals surface area contributed by atoms with Gasteiger partial charge in [-0.25, -0.2) is 4.98 Å². The molecule has 106 valence electrons. The van der Waals surface area contributed by atoms with Gasteiger partial charge in [-0.05, 0) is 24.3 Å². The summed E-state index contributed by atoms with van der Waals surface area (Å²) in [6.07, 6.45) is 3.54. The maximum absolute atomic E-state index is 12.5. The molecule has 1 aromatic carbocycles. The standard InChI is InChI=1S/C16H16N4O/c1-20(2)15-13(7-4-9-18-15)19-16(21)12-6-3-5-11-8-10-17-14(11)12/h3-10,17H,1-2H3,(H,19,21). The van der Waals surface area contributed by atoms with E-state index in [1.165, 1.54) is 0 Å². The van der Waals surface area contributed by atoms with Crippen molar-refractivity contribution in [2.75, 3.05) is 24.3 Å². The third-order valence-electron chi connectivity index (χ3n) is 3.29. The minimum absolute atomic E-state index is 0.154. The largest absolute Gasteiger partial charge is 0.361 e. The Bertz CT molecular complexity index is 792. The van der Waals surface area contributed by atoms with Crippen LogP contribution in [0.1, 0.15) is 10.4 Å². The van der Waals surface area contributed by atoms with Gasteiger partial charge in [0.15, 0.2) is 5.82 Å². The van der Waals surface area contributed by atoms with Crippen LogP contribution in [0.15, 0.2) is 48.8 Å². The molecule has 0 atom stereocenters. The molecule has 0 aliphatic rings. The number of amides is 1. The van der Waals surface area contributed by atoms with Gasteiger partial charge < -0.3 is 15.2 Å². The second-order valence-corrected chi connectivity index (χ2v) is 4.97. The van der Waals surface area contributed by atoms with Crippen LogP contribution in [0.2, 0.25) is 0 Å². The van der Waals surface area contributed by atoms with Crippen LogP contribution >= 0.6 is 0 Å². The van der Waals surface area contributed by atoms with Crippen LogP contribution in [0.4, 0.5) is 11.5 Å². The van der Waals surface area contributed by atoms with Crippen molar-refractivity contribution in [1.82, 2.24) is 9.97 Å². The summed E-state index contributed by atoms with van der Waals surface area (Å²) < 4.78 is 0. The van der Waals surface area contributed by atoms with E-state index in [1.807, 2.05) is 49.5 Å². The first-order valence-electron chi connectivity index (χ1n) is 6.66. The topological polar surface area (TPSA) is 61.0 Å². The van der Waals surface area contributed by atoms with Crippen molar-refractivity contribution in [3.05, 3.63) is 54.4 Å². The third-order valence-corrected chi connectivity index (χ3v) is 3.29. The Hall–Kier alpha value is -2.82. The van der Waals surface area contributed by atoms with Gasteiger partial charge in [-0.15, -0.1) is 0 Å². The molecule has 1 amide bonds. The highest BCUT2D eigenvalue weighted by molar-refractivity contribution is 6.12. The lowest BCUT2D eigenvalue weighted by Crippen LogP contribution is -2.18. The van der Waals surface area contributed by atoms with Crippen molar-refractivity contribution < 1.29 is 4.79 Å². The van der Waals surface area contributed by atoms with Crippen LogP contribution in [0.25, 0.3) is 10.9 Å². The quantitative estimate of drug-likeness (QED) is 0.775. The summed E-state index contributed by atoms with van der Waals surface area (Å²) in [6.45, 7) is 0. The molecule has 3 rings (SSSR count). The van der Waals surface area contributed by atoms with Crippen LogP contribution in [-0.2, 0) is 0 Å². The minimum atomic E-state index is -0.154. The monoisotopic (exact) mass is 280 g/mol. The minimum Gasteiger partial charge on any atom is -0.361 e. The van der Waals surface area contributed by atoms with Crippen LogP contribution in [-0.4, -0.2) is 30.0 Å². The summed E-state index contributed by atoms with van der Waals surface area (Å²) in [5, 5.41) is 3.94. The number of anilines is 2. The van der Waals surface area contributed by atoms with Gasteiger partial charge in [0.2, 0.25) is 0 Å². The molecule has 0 bridgehead atoms. The van der Waals surface area contributed by atoms with Crippen LogP contribution in [0, 0.1) is 0 Å². The van der Waals surface area contributed by atoms with Crippen LogP contribution < -0.4 is 10.2 Å². The molecule has 0 radical (unpaired) electrons. The number of fused-ring (bicyclic) bond motifs is 1. The summed E-state index contributed by atoms with van der Waals surface area (Å²) in [7, 11) is 3.79. The van der Waals surface area contributed by atoms with Gasteiger partial charge in [0.05, 0.1) is 16.8 Å². The average molecular weight is 280 g/mol. The van der Waals surface area contributed by atoms with E-state index in [2.05, 4.69) is 15.3 Å². The van der Waals surface area contributed by atoms with E-state index >= 15 is 0 Å². The predicted molar refractivity (Wildman–Crippen MR) is 84.8 cm³/mol. The Kier molecular flexibility index (Phi) is 3.31. The molecule has 5 heteroatoms. The van der Waals surface area contributed by atoms with E-state index in [9.17, 15) is 4.79 Å². The van der Waals surface area contributed by atoms with Crippen molar-refractivity contribution in [3.8, 4) is 0 Å². The van der Waals surface area contributed by atoms with E-state index < -0.39 is 0 Å². The first kappa shape index (κ1) is 13.2. The fourth-order valence-electron chi connectivity index (χ4n) is 2.31. The van der Waals surface area contributed by atoms with Crippen molar-refractivity contribution in [2.45, 2.75) is 0 Å². The second kappa shape index (κ2) is 5.28. The highest BCUT2D eigenvalue weighted by atomic mass is 16.1. The summed E-state index contributed by atoms with van der Waals surface area (Å²) >= 11 is 0. The molecule has 0 saturated heterocycles. The van der Waals surface area contributed by atoms with Gasteiger partial charge in [0.25, 0.3) is 5.91 Å². The van der Waals surface area contributed by atoms with E-state index in [-0.39, 0.29) is 5.91 Å². The number of nitrogens with one attached hydrogen (secondary N) is 2. The van der Waals surface area contributed by atoms with Gasteiger partial charge in [-0.2, -0.15) is 0 Å². The Labute approximate surface area is 122 Å². The molecule has 5 nitrogen and oxygen atoms in total. The van der Waals surface area contributed by atoms with E-state index in [4.69, 9.17) is 0 Å². The number of hydrogen-bond donors (Lipinski definition) is 2. The van der Waals surface area contributed by atoms with Gasteiger partial charge in [-0.1, -0.05) is 12.1 Å². The molecule has 0 fully saturated rings. The zero-order chi connectivity index (χ0) is 14.8. The predicted octanol–water partition coefficient (Wildman–Crippen LogP) is 2.88.